The molecule has 3 aromatic rings. The summed E-state index contributed by atoms with van der Waals surface area (Å²) in [6.45, 7) is 0. The number of alkyl halides is 6. The van der Waals surface area contributed by atoms with Crippen LogP contribution in [0.2, 0.25) is 0 Å². The highest BCUT2D eigenvalue weighted by Gasteiger charge is 2.41. The molecule has 3 rings (SSSR count). The number of halogens is 7. The Labute approximate surface area is 164 Å². The Hall–Kier alpha value is -2.89. The van der Waals surface area contributed by atoms with Gasteiger partial charge in [0, 0.05) is 11.8 Å². The maximum atomic E-state index is 14.3. The number of hydrogen-bond donors (Lipinski definition) is 0. The molecule has 2 aromatic carbocycles. The SMILES string of the molecule is CS(=O)(=O)c1ccc(-c2c(-c3cccc(C(F)(F)F)c3)noc2C(F)(F)F)cc1F. The zero-order chi connectivity index (χ0) is 22.5. The summed E-state index contributed by atoms with van der Waals surface area (Å²) in [5, 5.41) is 3.25. The molecule has 30 heavy (non-hydrogen) atoms. The molecule has 0 spiro atoms. The van der Waals surface area contributed by atoms with Crippen LogP contribution in [0.3, 0.4) is 0 Å². The predicted molar refractivity (Wildman–Crippen MR) is 90.4 cm³/mol. The van der Waals surface area contributed by atoms with Gasteiger partial charge in [0.15, 0.2) is 9.84 Å². The smallest absolute Gasteiger partial charge is 0.350 e. The molecule has 1 aromatic heterocycles. The molecule has 0 saturated heterocycles. The second-order valence-corrected chi connectivity index (χ2v) is 8.21. The highest BCUT2D eigenvalue weighted by atomic mass is 32.2. The molecule has 0 aliphatic carbocycles. The second kappa shape index (κ2) is 7.11. The molecule has 0 amide bonds. The van der Waals surface area contributed by atoms with Gasteiger partial charge in [0.05, 0.1) is 11.1 Å². The van der Waals surface area contributed by atoms with E-state index in [0.29, 0.717) is 24.5 Å². The van der Waals surface area contributed by atoms with Crippen LogP contribution in [0.5, 0.6) is 0 Å². The topological polar surface area (TPSA) is 60.2 Å². The van der Waals surface area contributed by atoms with E-state index in [1.54, 1.807) is 0 Å². The summed E-state index contributed by atoms with van der Waals surface area (Å²) in [7, 11) is -4.00. The summed E-state index contributed by atoms with van der Waals surface area (Å²) in [6, 6.07) is 5.50. The summed E-state index contributed by atoms with van der Waals surface area (Å²) in [4.78, 5) is -0.753. The molecule has 0 atom stereocenters. The summed E-state index contributed by atoms with van der Waals surface area (Å²) in [5.74, 6) is -3.00. The third-order valence-corrected chi connectivity index (χ3v) is 5.16. The Kier molecular flexibility index (Phi) is 5.17. The van der Waals surface area contributed by atoms with Crippen LogP contribution in [-0.2, 0) is 22.2 Å². The van der Waals surface area contributed by atoms with Gasteiger partial charge < -0.3 is 4.52 Å². The molecule has 0 bridgehead atoms. The molecular weight excluding hydrogens is 443 g/mol. The van der Waals surface area contributed by atoms with Gasteiger partial charge in [-0.1, -0.05) is 23.4 Å². The van der Waals surface area contributed by atoms with E-state index in [9.17, 15) is 39.2 Å². The standard InChI is InChI=1S/C18H10F7NO3S/c1-30(27,28)13-6-5-9(8-12(13)19)14-15(26-29-16(14)18(23,24)25)10-3-2-4-11(7-10)17(20,21)22/h2-8H,1H3. The van der Waals surface area contributed by atoms with Crippen LogP contribution < -0.4 is 0 Å². The summed E-state index contributed by atoms with van der Waals surface area (Å²) >= 11 is 0. The van der Waals surface area contributed by atoms with Crippen LogP contribution in [0.4, 0.5) is 30.7 Å². The lowest BCUT2D eigenvalue weighted by molar-refractivity contribution is -0.155. The lowest BCUT2D eigenvalue weighted by Crippen LogP contribution is -2.06. The minimum atomic E-state index is -5.10. The molecule has 0 aliphatic heterocycles. The van der Waals surface area contributed by atoms with Crippen LogP contribution in [0.1, 0.15) is 11.3 Å². The average molecular weight is 453 g/mol. The van der Waals surface area contributed by atoms with E-state index in [2.05, 4.69) is 9.68 Å². The first-order chi connectivity index (χ1) is 13.7. The van der Waals surface area contributed by atoms with Crippen molar-refractivity contribution in [3.05, 3.63) is 59.6 Å². The lowest BCUT2D eigenvalue weighted by Gasteiger charge is -2.10. The van der Waals surface area contributed by atoms with Gasteiger partial charge in [0.25, 0.3) is 0 Å². The summed E-state index contributed by atoms with van der Waals surface area (Å²) < 4.78 is 121. The minimum Gasteiger partial charge on any atom is -0.350 e. The monoisotopic (exact) mass is 453 g/mol. The molecule has 0 unspecified atom stereocenters. The predicted octanol–water partition coefficient (Wildman–Crippen LogP) is 5.59. The highest BCUT2D eigenvalue weighted by Crippen LogP contribution is 2.44. The van der Waals surface area contributed by atoms with Crippen LogP contribution in [0.15, 0.2) is 51.9 Å². The Bertz CT molecular complexity index is 1210. The van der Waals surface area contributed by atoms with Gasteiger partial charge in [-0.15, -0.1) is 0 Å². The molecule has 0 fully saturated rings. The van der Waals surface area contributed by atoms with Crippen LogP contribution in [0, 0.1) is 5.82 Å². The van der Waals surface area contributed by atoms with Crippen LogP contribution in [-0.4, -0.2) is 19.8 Å². The molecule has 0 N–H and O–H groups in total. The maximum absolute atomic E-state index is 14.3. The fraction of sp³-hybridized carbons (Fsp3) is 0.167. The van der Waals surface area contributed by atoms with Gasteiger partial charge in [-0.05, 0) is 29.8 Å². The van der Waals surface area contributed by atoms with Crippen molar-refractivity contribution in [2.45, 2.75) is 17.2 Å². The Morgan fingerprint density at radius 2 is 1.57 bits per heavy atom. The van der Waals surface area contributed by atoms with Crippen molar-refractivity contribution in [3.63, 3.8) is 0 Å². The van der Waals surface area contributed by atoms with Crippen molar-refractivity contribution < 1.29 is 43.7 Å². The quantitative estimate of drug-likeness (QED) is 0.486. The summed E-state index contributed by atoms with van der Waals surface area (Å²) in [5.41, 5.74) is -3.39. The highest BCUT2D eigenvalue weighted by molar-refractivity contribution is 7.90. The first-order valence-electron chi connectivity index (χ1n) is 7.94. The maximum Gasteiger partial charge on any atom is 0.453 e. The van der Waals surface area contributed by atoms with E-state index in [4.69, 9.17) is 0 Å². The van der Waals surface area contributed by atoms with Gasteiger partial charge in [-0.2, -0.15) is 26.3 Å². The molecule has 0 radical (unpaired) electrons. The normalized spacial score (nSPS) is 12.9. The van der Waals surface area contributed by atoms with Gasteiger partial charge in [-0.25, -0.2) is 12.8 Å². The third kappa shape index (κ3) is 4.18. The molecule has 160 valence electrons. The van der Waals surface area contributed by atoms with Crippen molar-refractivity contribution in [3.8, 4) is 22.4 Å². The second-order valence-electron chi connectivity index (χ2n) is 6.23. The number of rotatable bonds is 3. The van der Waals surface area contributed by atoms with E-state index in [0.717, 1.165) is 24.3 Å². The van der Waals surface area contributed by atoms with Crippen molar-refractivity contribution in [1.29, 1.82) is 0 Å². The molecule has 12 heteroatoms. The zero-order valence-electron chi connectivity index (χ0n) is 14.8. The molecular formula is C18H10F7NO3S. The van der Waals surface area contributed by atoms with E-state index < -0.39 is 61.0 Å². The molecule has 4 nitrogen and oxygen atoms in total. The minimum absolute atomic E-state index is 0.355. The Balaban J connectivity index is 2.27. The van der Waals surface area contributed by atoms with E-state index in [1.807, 2.05) is 0 Å². The van der Waals surface area contributed by atoms with Crippen molar-refractivity contribution in [2.75, 3.05) is 6.26 Å². The Morgan fingerprint density at radius 3 is 2.10 bits per heavy atom. The molecule has 0 aliphatic rings. The third-order valence-electron chi connectivity index (χ3n) is 4.03. The first-order valence-corrected chi connectivity index (χ1v) is 9.83. The fourth-order valence-corrected chi connectivity index (χ4v) is 3.48. The van der Waals surface area contributed by atoms with E-state index >= 15 is 0 Å². The number of sulfone groups is 1. The average Bonchev–Trinajstić information content (AvgIpc) is 3.05. The van der Waals surface area contributed by atoms with Crippen LogP contribution in [0.25, 0.3) is 22.4 Å². The fourth-order valence-electron chi connectivity index (χ4n) is 2.75. The molecule has 0 saturated carbocycles. The number of hydrogen-bond acceptors (Lipinski definition) is 4. The van der Waals surface area contributed by atoms with E-state index in [1.165, 1.54) is 0 Å². The number of nitrogens with zero attached hydrogens (tertiary/aromatic N) is 1. The lowest BCUT2D eigenvalue weighted by atomic mass is 9.97. The number of aromatic nitrogens is 1. The van der Waals surface area contributed by atoms with Crippen molar-refractivity contribution >= 4 is 9.84 Å². The van der Waals surface area contributed by atoms with Gasteiger partial charge in [0.2, 0.25) is 5.76 Å². The van der Waals surface area contributed by atoms with E-state index in [-0.39, 0.29) is 5.56 Å². The first kappa shape index (κ1) is 21.8. The summed E-state index contributed by atoms with van der Waals surface area (Å²) in [6.07, 6.45) is -9.16. The number of benzene rings is 2. The van der Waals surface area contributed by atoms with Gasteiger partial charge >= 0.3 is 12.4 Å². The van der Waals surface area contributed by atoms with Crippen LogP contribution >= 0.6 is 0 Å². The van der Waals surface area contributed by atoms with Gasteiger partial charge in [0.1, 0.15) is 16.4 Å². The Morgan fingerprint density at radius 1 is 0.900 bits per heavy atom. The zero-order valence-corrected chi connectivity index (χ0v) is 15.6. The van der Waals surface area contributed by atoms with Crippen molar-refractivity contribution in [1.82, 2.24) is 5.16 Å². The molecule has 1 heterocycles. The largest absolute Gasteiger partial charge is 0.453 e. The van der Waals surface area contributed by atoms with Crippen molar-refractivity contribution in [2.24, 2.45) is 0 Å². The van der Waals surface area contributed by atoms with Gasteiger partial charge in [-0.3, -0.25) is 0 Å².